The smallest absolute Gasteiger partial charge is 0.267 e. The van der Waals surface area contributed by atoms with Crippen molar-refractivity contribution in [1.82, 2.24) is 14.6 Å². The zero-order valence-corrected chi connectivity index (χ0v) is 19.6. The molecule has 34 heavy (non-hydrogen) atoms. The van der Waals surface area contributed by atoms with Crippen LogP contribution in [0.4, 0.5) is 4.39 Å². The molecule has 2 heterocycles. The highest BCUT2D eigenvalue weighted by Crippen LogP contribution is 2.21. The van der Waals surface area contributed by atoms with E-state index in [1.54, 1.807) is 36.4 Å². The Morgan fingerprint density at radius 3 is 2.47 bits per heavy atom. The van der Waals surface area contributed by atoms with Crippen LogP contribution in [-0.2, 0) is 32.7 Å². The molecule has 1 N–H and O–H groups in total. The number of hydrogen-bond donors (Lipinski definition) is 1. The van der Waals surface area contributed by atoms with Crippen molar-refractivity contribution in [1.29, 1.82) is 0 Å². The molecule has 0 radical (unpaired) electrons. The Kier molecular flexibility index (Phi) is 7.38. The topological polar surface area (TPSA) is 99.2 Å². The van der Waals surface area contributed by atoms with Gasteiger partial charge in [-0.15, -0.1) is 0 Å². The Hall–Kier alpha value is -3.11. The summed E-state index contributed by atoms with van der Waals surface area (Å²) in [5.41, 5.74) is 1.58. The molecule has 2 aliphatic rings. The molecule has 1 fully saturated rings. The first kappa shape index (κ1) is 24.0. The lowest BCUT2D eigenvalue weighted by molar-refractivity contribution is -0.132. The van der Waals surface area contributed by atoms with E-state index < -0.39 is 15.9 Å². The predicted octanol–water partition coefficient (Wildman–Crippen LogP) is 2.80. The van der Waals surface area contributed by atoms with Crippen LogP contribution in [0.2, 0.25) is 0 Å². The van der Waals surface area contributed by atoms with Gasteiger partial charge in [-0.2, -0.15) is 9.41 Å². The maximum atomic E-state index is 13.1. The van der Waals surface area contributed by atoms with Gasteiger partial charge in [0.1, 0.15) is 11.5 Å². The van der Waals surface area contributed by atoms with Gasteiger partial charge in [0.2, 0.25) is 15.9 Å². The van der Waals surface area contributed by atoms with E-state index in [0.717, 1.165) is 19.3 Å². The van der Waals surface area contributed by atoms with Crippen LogP contribution in [-0.4, -0.2) is 48.3 Å². The fourth-order valence-corrected chi connectivity index (χ4v) is 5.59. The summed E-state index contributed by atoms with van der Waals surface area (Å²) in [4.78, 5) is 25.1. The molecule has 8 nitrogen and oxygen atoms in total. The zero-order valence-electron chi connectivity index (χ0n) is 18.7. The van der Waals surface area contributed by atoms with Gasteiger partial charge in [-0.25, -0.2) is 17.8 Å². The van der Waals surface area contributed by atoms with Gasteiger partial charge in [0, 0.05) is 32.5 Å². The van der Waals surface area contributed by atoms with Crippen LogP contribution in [0, 0.1) is 5.82 Å². The standard InChI is InChI=1S/C24H27FN4O4S/c25-20-9-7-18(8-10-20)17-29-23(30)12-11-22(27-29)24(31)26-16-19-5-4-6-21(15-19)34(32,33)28-13-2-1-3-14-28/h4-10,15H,1-3,11-14,16-17H2,(H,26,31). The van der Waals surface area contributed by atoms with Crippen LogP contribution in [0.25, 0.3) is 0 Å². The lowest BCUT2D eigenvalue weighted by atomic mass is 10.1. The van der Waals surface area contributed by atoms with E-state index in [-0.39, 0.29) is 48.3 Å². The number of piperidine rings is 1. The van der Waals surface area contributed by atoms with Gasteiger partial charge < -0.3 is 5.32 Å². The minimum absolute atomic E-state index is 0.132. The molecule has 180 valence electrons. The number of amides is 2. The molecule has 2 amide bonds. The van der Waals surface area contributed by atoms with E-state index in [9.17, 15) is 22.4 Å². The van der Waals surface area contributed by atoms with Crippen LogP contribution in [0.5, 0.6) is 0 Å². The van der Waals surface area contributed by atoms with Gasteiger partial charge >= 0.3 is 0 Å². The molecule has 0 aliphatic carbocycles. The van der Waals surface area contributed by atoms with Crippen molar-refractivity contribution in [3.63, 3.8) is 0 Å². The molecule has 2 aromatic carbocycles. The molecule has 0 unspecified atom stereocenters. The van der Waals surface area contributed by atoms with Crippen molar-refractivity contribution in [2.24, 2.45) is 5.10 Å². The summed E-state index contributed by atoms with van der Waals surface area (Å²) in [6.45, 7) is 1.33. The third kappa shape index (κ3) is 5.68. The van der Waals surface area contributed by atoms with Crippen LogP contribution in [0.3, 0.4) is 0 Å². The maximum Gasteiger partial charge on any atom is 0.267 e. The molecular weight excluding hydrogens is 459 g/mol. The molecule has 0 saturated carbocycles. The highest BCUT2D eigenvalue weighted by atomic mass is 32.2. The minimum atomic E-state index is -3.56. The van der Waals surface area contributed by atoms with Gasteiger partial charge in [-0.3, -0.25) is 9.59 Å². The number of carbonyl (C=O) groups is 2. The maximum absolute atomic E-state index is 13.1. The largest absolute Gasteiger partial charge is 0.347 e. The SMILES string of the molecule is O=C(NCc1cccc(S(=O)(=O)N2CCCCC2)c1)C1=NN(Cc2ccc(F)cc2)C(=O)CC1. The summed E-state index contributed by atoms with van der Waals surface area (Å²) in [5, 5.41) is 8.19. The second-order valence-electron chi connectivity index (χ2n) is 8.42. The highest BCUT2D eigenvalue weighted by Gasteiger charge is 2.27. The quantitative estimate of drug-likeness (QED) is 0.651. The Bertz CT molecular complexity index is 1190. The number of carbonyl (C=O) groups excluding carboxylic acids is 2. The Morgan fingerprint density at radius 1 is 1.00 bits per heavy atom. The summed E-state index contributed by atoms with van der Waals surface area (Å²) in [5.74, 6) is -0.998. The van der Waals surface area contributed by atoms with Crippen LogP contribution >= 0.6 is 0 Å². The summed E-state index contributed by atoms with van der Waals surface area (Å²) in [6, 6.07) is 12.3. The lowest BCUT2D eigenvalue weighted by Crippen LogP contribution is -2.38. The summed E-state index contributed by atoms with van der Waals surface area (Å²) < 4.78 is 40.5. The third-order valence-corrected chi connectivity index (χ3v) is 7.81. The first-order valence-electron chi connectivity index (χ1n) is 11.3. The molecule has 0 spiro atoms. The van der Waals surface area contributed by atoms with E-state index in [1.807, 2.05) is 0 Å². The number of nitrogens with zero attached hydrogens (tertiary/aromatic N) is 3. The Labute approximate surface area is 198 Å². The van der Waals surface area contributed by atoms with Crippen LogP contribution < -0.4 is 5.32 Å². The number of hydrogen-bond acceptors (Lipinski definition) is 5. The first-order chi connectivity index (χ1) is 16.3. The van der Waals surface area contributed by atoms with Crippen molar-refractivity contribution in [2.75, 3.05) is 13.1 Å². The Morgan fingerprint density at radius 2 is 1.74 bits per heavy atom. The molecular formula is C24H27FN4O4S. The van der Waals surface area contributed by atoms with Crippen LogP contribution in [0.15, 0.2) is 58.5 Å². The second-order valence-corrected chi connectivity index (χ2v) is 10.4. The molecule has 2 aromatic rings. The number of nitrogens with one attached hydrogen (secondary N) is 1. The van der Waals surface area contributed by atoms with Crippen molar-refractivity contribution in [3.8, 4) is 0 Å². The monoisotopic (exact) mass is 486 g/mol. The number of rotatable bonds is 7. The van der Waals surface area contributed by atoms with Gasteiger partial charge in [0.05, 0.1) is 11.4 Å². The van der Waals surface area contributed by atoms with E-state index in [0.29, 0.717) is 24.2 Å². The third-order valence-electron chi connectivity index (χ3n) is 5.92. The summed E-state index contributed by atoms with van der Waals surface area (Å²) in [7, 11) is -3.56. The second kappa shape index (κ2) is 10.4. The minimum Gasteiger partial charge on any atom is -0.347 e. The van der Waals surface area contributed by atoms with Crippen molar-refractivity contribution < 1.29 is 22.4 Å². The van der Waals surface area contributed by atoms with E-state index >= 15 is 0 Å². The molecule has 0 aromatic heterocycles. The fraction of sp³-hybridized carbons (Fsp3) is 0.375. The van der Waals surface area contributed by atoms with Gasteiger partial charge in [-0.1, -0.05) is 30.7 Å². The number of hydrazone groups is 1. The average molecular weight is 487 g/mol. The molecule has 0 atom stereocenters. The van der Waals surface area contributed by atoms with Crippen LogP contribution in [0.1, 0.15) is 43.2 Å². The summed E-state index contributed by atoms with van der Waals surface area (Å²) >= 11 is 0. The van der Waals surface area contributed by atoms with Gasteiger partial charge in [-0.05, 0) is 48.2 Å². The van der Waals surface area contributed by atoms with Crippen molar-refractivity contribution in [2.45, 2.75) is 50.1 Å². The average Bonchev–Trinajstić information content (AvgIpc) is 2.86. The van der Waals surface area contributed by atoms with Gasteiger partial charge in [0.15, 0.2) is 0 Å². The predicted molar refractivity (Wildman–Crippen MR) is 125 cm³/mol. The van der Waals surface area contributed by atoms with Crippen molar-refractivity contribution in [3.05, 3.63) is 65.5 Å². The van der Waals surface area contributed by atoms with Crippen molar-refractivity contribution >= 4 is 27.5 Å². The fourth-order valence-electron chi connectivity index (χ4n) is 4.01. The van der Waals surface area contributed by atoms with Gasteiger partial charge in [0.25, 0.3) is 5.91 Å². The number of halogens is 1. The number of benzene rings is 2. The summed E-state index contributed by atoms with van der Waals surface area (Å²) in [6.07, 6.45) is 3.12. The zero-order chi connectivity index (χ0) is 24.1. The normalized spacial score (nSPS) is 17.4. The first-order valence-corrected chi connectivity index (χ1v) is 12.8. The van der Waals surface area contributed by atoms with E-state index in [1.165, 1.54) is 21.4 Å². The van der Waals surface area contributed by atoms with E-state index in [4.69, 9.17) is 0 Å². The lowest BCUT2D eigenvalue weighted by Gasteiger charge is -2.26. The number of sulfonamides is 1. The molecule has 1 saturated heterocycles. The van der Waals surface area contributed by atoms with E-state index in [2.05, 4.69) is 10.4 Å². The highest BCUT2D eigenvalue weighted by molar-refractivity contribution is 7.89. The molecule has 2 aliphatic heterocycles. The molecule has 4 rings (SSSR count). The molecule has 10 heteroatoms. The Balaban J connectivity index is 1.40. The molecule has 0 bridgehead atoms.